The van der Waals surface area contributed by atoms with Gasteiger partial charge in [-0.05, 0) is 55.1 Å². The third-order valence-electron chi connectivity index (χ3n) is 4.40. The Morgan fingerprint density at radius 1 is 1.41 bits per heavy atom. The van der Waals surface area contributed by atoms with Gasteiger partial charge in [0.2, 0.25) is 0 Å². The van der Waals surface area contributed by atoms with Gasteiger partial charge in [-0.3, -0.25) is 4.90 Å². The lowest BCUT2D eigenvalue weighted by Gasteiger charge is -2.42. The molecule has 2 rings (SSSR count). The van der Waals surface area contributed by atoms with Crippen LogP contribution in [0.1, 0.15) is 31.4 Å². The Labute approximate surface area is 109 Å². The zero-order valence-corrected chi connectivity index (χ0v) is 12.2. The van der Waals surface area contributed by atoms with Crippen molar-refractivity contribution in [3.63, 3.8) is 0 Å². The maximum atomic E-state index is 3.45. The first-order valence-electron chi connectivity index (χ1n) is 6.56. The van der Waals surface area contributed by atoms with Crippen molar-refractivity contribution in [3.8, 4) is 0 Å². The van der Waals surface area contributed by atoms with Gasteiger partial charge in [0.15, 0.2) is 0 Å². The minimum Gasteiger partial charge on any atom is -0.317 e. The molecule has 2 nitrogen and oxygen atoms in total. The fourth-order valence-corrected chi connectivity index (χ4v) is 3.69. The monoisotopic (exact) mass is 252 g/mol. The van der Waals surface area contributed by atoms with E-state index in [1.54, 1.807) is 0 Å². The van der Waals surface area contributed by atoms with E-state index in [1.165, 1.54) is 24.1 Å². The summed E-state index contributed by atoms with van der Waals surface area (Å²) in [4.78, 5) is 2.63. The molecule has 17 heavy (non-hydrogen) atoms. The summed E-state index contributed by atoms with van der Waals surface area (Å²) in [6.45, 7) is 9.30. The number of piperidine rings is 1. The van der Waals surface area contributed by atoms with Crippen LogP contribution in [0.4, 0.5) is 0 Å². The highest BCUT2D eigenvalue weighted by atomic mass is 32.1. The summed E-state index contributed by atoms with van der Waals surface area (Å²) >= 11 is 1.82. The number of hydrogen-bond acceptors (Lipinski definition) is 3. The van der Waals surface area contributed by atoms with Gasteiger partial charge in [0.05, 0.1) is 0 Å². The molecule has 0 aromatic carbocycles. The predicted octanol–water partition coefficient (Wildman–Crippen LogP) is 2.87. The number of nitrogens with one attached hydrogen (secondary N) is 1. The topological polar surface area (TPSA) is 15.3 Å². The quantitative estimate of drug-likeness (QED) is 0.890. The fourth-order valence-electron chi connectivity index (χ4n) is 2.84. The lowest BCUT2D eigenvalue weighted by Crippen LogP contribution is -2.52. The molecule has 1 aromatic heterocycles. The summed E-state index contributed by atoms with van der Waals surface area (Å²) in [5.41, 5.74) is 2.96. The Kier molecular flexibility index (Phi) is 4.23. The molecule has 3 unspecified atom stereocenters. The second-order valence-corrected chi connectivity index (χ2v) is 6.08. The van der Waals surface area contributed by atoms with Crippen molar-refractivity contribution in [2.24, 2.45) is 5.92 Å². The number of aryl methyl sites for hydroxylation is 1. The van der Waals surface area contributed by atoms with Crippen molar-refractivity contribution in [2.75, 3.05) is 13.6 Å². The third-order valence-corrected chi connectivity index (χ3v) is 5.31. The molecule has 96 valence electrons. The summed E-state index contributed by atoms with van der Waals surface area (Å²) in [6, 6.07) is 1.35. The third kappa shape index (κ3) is 2.72. The molecule has 1 fully saturated rings. The predicted molar refractivity (Wildman–Crippen MR) is 75.6 cm³/mol. The van der Waals surface area contributed by atoms with E-state index >= 15 is 0 Å². The van der Waals surface area contributed by atoms with E-state index in [-0.39, 0.29) is 0 Å². The van der Waals surface area contributed by atoms with E-state index < -0.39 is 0 Å². The largest absolute Gasteiger partial charge is 0.317 e. The molecule has 1 N–H and O–H groups in total. The van der Waals surface area contributed by atoms with E-state index in [1.807, 2.05) is 11.3 Å². The van der Waals surface area contributed by atoms with Gasteiger partial charge in [0.25, 0.3) is 0 Å². The van der Waals surface area contributed by atoms with Crippen LogP contribution in [0.5, 0.6) is 0 Å². The lowest BCUT2D eigenvalue weighted by atomic mass is 9.87. The van der Waals surface area contributed by atoms with Crippen molar-refractivity contribution in [3.05, 3.63) is 21.9 Å². The van der Waals surface area contributed by atoms with Crippen LogP contribution in [0.2, 0.25) is 0 Å². The SMILES string of the molecule is CNC1CCN(Cc2cscc2C)C(C)C1C. The molecule has 1 aliphatic heterocycles. The van der Waals surface area contributed by atoms with Gasteiger partial charge in [0.1, 0.15) is 0 Å². The van der Waals surface area contributed by atoms with Crippen LogP contribution >= 0.6 is 11.3 Å². The second kappa shape index (κ2) is 5.51. The average Bonchev–Trinajstić information content (AvgIpc) is 2.71. The number of nitrogens with zero attached hydrogens (tertiary/aromatic N) is 1. The zero-order valence-electron chi connectivity index (χ0n) is 11.4. The van der Waals surface area contributed by atoms with E-state index in [2.05, 4.69) is 48.8 Å². The van der Waals surface area contributed by atoms with Crippen molar-refractivity contribution >= 4 is 11.3 Å². The highest BCUT2D eigenvalue weighted by molar-refractivity contribution is 7.08. The molecule has 1 aromatic rings. The minimum absolute atomic E-state index is 0.667. The Bertz CT molecular complexity index is 361. The molecule has 0 bridgehead atoms. The number of thiophene rings is 1. The Hall–Kier alpha value is -0.380. The van der Waals surface area contributed by atoms with Gasteiger partial charge in [-0.25, -0.2) is 0 Å². The minimum atomic E-state index is 0.667. The highest BCUT2D eigenvalue weighted by Crippen LogP contribution is 2.26. The van der Waals surface area contributed by atoms with E-state index in [0.717, 1.165) is 12.5 Å². The number of rotatable bonds is 3. The normalized spacial score (nSPS) is 30.7. The first kappa shape index (κ1) is 13.1. The average molecular weight is 252 g/mol. The summed E-state index contributed by atoms with van der Waals surface area (Å²) < 4.78 is 0. The molecular formula is C14H24N2S. The summed E-state index contributed by atoms with van der Waals surface area (Å²) in [7, 11) is 2.09. The molecule has 0 amide bonds. The lowest BCUT2D eigenvalue weighted by molar-refractivity contribution is 0.0810. The van der Waals surface area contributed by atoms with Crippen LogP contribution < -0.4 is 5.32 Å². The first-order valence-corrected chi connectivity index (χ1v) is 7.50. The van der Waals surface area contributed by atoms with Crippen molar-refractivity contribution < 1.29 is 0 Å². The molecule has 2 heterocycles. The molecule has 0 saturated carbocycles. The van der Waals surface area contributed by atoms with Crippen molar-refractivity contribution in [1.29, 1.82) is 0 Å². The fraction of sp³-hybridized carbons (Fsp3) is 0.714. The van der Waals surface area contributed by atoms with Gasteiger partial charge in [-0.1, -0.05) is 6.92 Å². The molecule has 0 radical (unpaired) electrons. The smallest absolute Gasteiger partial charge is 0.0247 e. The van der Waals surface area contributed by atoms with Gasteiger partial charge < -0.3 is 5.32 Å². The van der Waals surface area contributed by atoms with Gasteiger partial charge >= 0.3 is 0 Å². The van der Waals surface area contributed by atoms with Crippen LogP contribution in [-0.4, -0.2) is 30.6 Å². The molecular weight excluding hydrogens is 228 g/mol. The van der Waals surface area contributed by atoms with E-state index in [4.69, 9.17) is 0 Å². The van der Waals surface area contributed by atoms with Crippen LogP contribution in [0.25, 0.3) is 0 Å². The Morgan fingerprint density at radius 3 is 2.76 bits per heavy atom. The highest BCUT2D eigenvalue weighted by Gasteiger charge is 2.31. The number of likely N-dealkylation sites (tertiary alicyclic amines) is 1. The zero-order chi connectivity index (χ0) is 12.4. The summed E-state index contributed by atoms with van der Waals surface area (Å²) in [5, 5.41) is 8.01. The van der Waals surface area contributed by atoms with E-state index in [0.29, 0.717) is 12.1 Å². The van der Waals surface area contributed by atoms with Crippen molar-refractivity contribution in [1.82, 2.24) is 10.2 Å². The number of hydrogen-bond donors (Lipinski definition) is 1. The van der Waals surface area contributed by atoms with Crippen LogP contribution in [-0.2, 0) is 6.54 Å². The molecule has 1 saturated heterocycles. The van der Waals surface area contributed by atoms with Crippen molar-refractivity contribution in [2.45, 2.75) is 45.8 Å². The maximum Gasteiger partial charge on any atom is 0.0247 e. The molecule has 1 aliphatic rings. The second-order valence-electron chi connectivity index (χ2n) is 5.33. The standard InChI is InChI=1S/C14H24N2S/c1-10-8-17-9-13(10)7-16-6-5-14(15-4)11(2)12(16)3/h8-9,11-12,14-15H,5-7H2,1-4H3. The van der Waals surface area contributed by atoms with Gasteiger partial charge in [-0.15, -0.1) is 0 Å². The van der Waals surface area contributed by atoms with Gasteiger partial charge in [-0.2, -0.15) is 11.3 Å². The molecule has 0 aliphatic carbocycles. The van der Waals surface area contributed by atoms with Crippen LogP contribution in [0.15, 0.2) is 10.8 Å². The van der Waals surface area contributed by atoms with Crippen LogP contribution in [0.3, 0.4) is 0 Å². The summed E-state index contributed by atoms with van der Waals surface area (Å²) in [5.74, 6) is 0.729. The van der Waals surface area contributed by atoms with Gasteiger partial charge in [0, 0.05) is 25.2 Å². The molecule has 0 spiro atoms. The molecule has 3 heteroatoms. The van der Waals surface area contributed by atoms with Crippen LogP contribution in [0, 0.1) is 12.8 Å². The molecule has 3 atom stereocenters. The first-order chi connectivity index (χ1) is 8.13. The Morgan fingerprint density at radius 2 is 2.18 bits per heavy atom. The maximum absolute atomic E-state index is 3.45. The van der Waals surface area contributed by atoms with E-state index in [9.17, 15) is 0 Å². The summed E-state index contributed by atoms with van der Waals surface area (Å²) in [6.07, 6.45) is 1.27. The Balaban J connectivity index is 2.01.